The van der Waals surface area contributed by atoms with Crippen molar-refractivity contribution in [2.75, 3.05) is 13.1 Å². The molecule has 1 amide bonds. The Morgan fingerprint density at radius 1 is 1.26 bits per heavy atom. The predicted octanol–water partition coefficient (Wildman–Crippen LogP) is 2.65. The maximum atomic E-state index is 12.3. The predicted molar refractivity (Wildman–Crippen MR) is 91.5 cm³/mol. The van der Waals surface area contributed by atoms with Gasteiger partial charge in [-0.25, -0.2) is 4.98 Å². The summed E-state index contributed by atoms with van der Waals surface area (Å²) in [6.45, 7) is 3.90. The standard InChI is InChI=1S/C18H30N4O/c1-14-17(21(2)13-20-14)18(23)19-11-10-16-9-5-6-12-22(16)15-7-3-4-8-15/h13,15-16H,3-12H2,1-2H3,(H,19,23)/t16-/m1/s1. The molecule has 128 valence electrons. The largest absolute Gasteiger partial charge is 0.351 e. The summed E-state index contributed by atoms with van der Waals surface area (Å²) in [5, 5.41) is 3.10. The summed E-state index contributed by atoms with van der Waals surface area (Å²) in [6.07, 6.45) is 12.3. The molecule has 1 aliphatic carbocycles. The van der Waals surface area contributed by atoms with Gasteiger partial charge in [-0.2, -0.15) is 0 Å². The lowest BCUT2D eigenvalue weighted by Crippen LogP contribution is -2.46. The smallest absolute Gasteiger partial charge is 0.269 e. The SMILES string of the molecule is Cc1ncn(C)c1C(=O)NCC[C@H]1CCCCN1C1CCCC1. The van der Waals surface area contributed by atoms with E-state index in [-0.39, 0.29) is 5.91 Å². The second-order valence-corrected chi connectivity index (χ2v) is 7.16. The minimum Gasteiger partial charge on any atom is -0.351 e. The van der Waals surface area contributed by atoms with E-state index in [2.05, 4.69) is 15.2 Å². The summed E-state index contributed by atoms with van der Waals surface area (Å²) in [7, 11) is 1.87. The Balaban J connectivity index is 1.51. The first-order valence-corrected chi connectivity index (χ1v) is 9.18. The maximum absolute atomic E-state index is 12.3. The molecule has 1 N–H and O–H groups in total. The van der Waals surface area contributed by atoms with Gasteiger partial charge in [-0.15, -0.1) is 0 Å². The number of hydrogen-bond acceptors (Lipinski definition) is 3. The highest BCUT2D eigenvalue weighted by atomic mass is 16.1. The summed E-state index contributed by atoms with van der Waals surface area (Å²) in [4.78, 5) is 19.3. The quantitative estimate of drug-likeness (QED) is 0.908. The van der Waals surface area contributed by atoms with E-state index in [0.717, 1.165) is 24.7 Å². The van der Waals surface area contributed by atoms with E-state index in [4.69, 9.17) is 0 Å². The monoisotopic (exact) mass is 318 g/mol. The fourth-order valence-electron chi connectivity index (χ4n) is 4.36. The molecule has 23 heavy (non-hydrogen) atoms. The van der Waals surface area contributed by atoms with Gasteiger partial charge in [-0.3, -0.25) is 9.69 Å². The number of carbonyl (C=O) groups excluding carboxylic acids is 1. The Bertz CT molecular complexity index is 514. The molecule has 1 aliphatic heterocycles. The third kappa shape index (κ3) is 3.77. The lowest BCUT2D eigenvalue weighted by Gasteiger charge is -2.40. The van der Waals surface area contributed by atoms with Crippen molar-refractivity contribution in [3.8, 4) is 0 Å². The Morgan fingerprint density at radius 2 is 2.00 bits per heavy atom. The third-order valence-electron chi connectivity index (χ3n) is 5.56. The van der Waals surface area contributed by atoms with Gasteiger partial charge in [0, 0.05) is 25.7 Å². The van der Waals surface area contributed by atoms with Crippen molar-refractivity contribution in [1.82, 2.24) is 19.8 Å². The number of hydrogen-bond donors (Lipinski definition) is 1. The van der Waals surface area contributed by atoms with Crippen LogP contribution in [0.25, 0.3) is 0 Å². The van der Waals surface area contributed by atoms with E-state index in [0.29, 0.717) is 11.7 Å². The summed E-state index contributed by atoms with van der Waals surface area (Å²) in [6, 6.07) is 1.45. The highest BCUT2D eigenvalue weighted by Gasteiger charge is 2.30. The van der Waals surface area contributed by atoms with E-state index >= 15 is 0 Å². The molecule has 2 aliphatic rings. The molecule has 1 aromatic rings. The van der Waals surface area contributed by atoms with Gasteiger partial charge < -0.3 is 9.88 Å². The van der Waals surface area contributed by atoms with E-state index in [1.54, 1.807) is 10.9 Å². The number of imidazole rings is 1. The van der Waals surface area contributed by atoms with Crippen LogP contribution in [0.1, 0.15) is 67.5 Å². The van der Waals surface area contributed by atoms with Crippen molar-refractivity contribution in [2.45, 2.75) is 70.4 Å². The number of nitrogens with one attached hydrogen (secondary N) is 1. The van der Waals surface area contributed by atoms with Crippen molar-refractivity contribution < 1.29 is 4.79 Å². The first-order chi connectivity index (χ1) is 11.2. The minimum atomic E-state index is 0.00530. The van der Waals surface area contributed by atoms with Crippen LogP contribution in [0.3, 0.4) is 0 Å². The van der Waals surface area contributed by atoms with Crippen molar-refractivity contribution in [1.29, 1.82) is 0 Å². The first kappa shape index (κ1) is 16.5. The Hall–Kier alpha value is -1.36. The van der Waals surface area contributed by atoms with Crippen LogP contribution >= 0.6 is 0 Å². The van der Waals surface area contributed by atoms with Crippen molar-refractivity contribution in [2.24, 2.45) is 7.05 Å². The van der Waals surface area contributed by atoms with Crippen LogP contribution in [-0.2, 0) is 7.05 Å². The highest BCUT2D eigenvalue weighted by molar-refractivity contribution is 5.93. The Kier molecular flexibility index (Phi) is 5.36. The summed E-state index contributed by atoms with van der Waals surface area (Å²) >= 11 is 0. The van der Waals surface area contributed by atoms with Gasteiger partial charge in [0.15, 0.2) is 0 Å². The zero-order valence-corrected chi connectivity index (χ0v) is 14.6. The fourth-order valence-corrected chi connectivity index (χ4v) is 4.36. The molecular formula is C18H30N4O. The number of rotatable bonds is 5. The number of piperidine rings is 1. The van der Waals surface area contributed by atoms with E-state index < -0.39 is 0 Å². The lowest BCUT2D eigenvalue weighted by atomic mass is 9.96. The zero-order valence-electron chi connectivity index (χ0n) is 14.6. The van der Waals surface area contributed by atoms with Gasteiger partial charge in [0.1, 0.15) is 5.69 Å². The summed E-state index contributed by atoms with van der Waals surface area (Å²) in [5.41, 5.74) is 1.48. The molecule has 5 nitrogen and oxygen atoms in total. The molecule has 5 heteroatoms. The average molecular weight is 318 g/mol. The van der Waals surface area contributed by atoms with Gasteiger partial charge in [0.05, 0.1) is 12.0 Å². The van der Waals surface area contributed by atoms with Gasteiger partial charge >= 0.3 is 0 Å². The molecule has 0 unspecified atom stereocenters. The molecule has 0 bridgehead atoms. The van der Waals surface area contributed by atoms with E-state index in [1.807, 2.05) is 14.0 Å². The molecule has 0 aromatic carbocycles. The average Bonchev–Trinajstić information content (AvgIpc) is 3.18. The van der Waals surface area contributed by atoms with Crippen LogP contribution in [0.4, 0.5) is 0 Å². The lowest BCUT2D eigenvalue weighted by molar-refractivity contribution is 0.0856. The number of likely N-dealkylation sites (tertiary alicyclic amines) is 1. The fraction of sp³-hybridized carbons (Fsp3) is 0.778. The van der Waals surface area contributed by atoms with Gasteiger partial charge in [0.2, 0.25) is 0 Å². The van der Waals surface area contributed by atoms with Gasteiger partial charge in [-0.1, -0.05) is 19.3 Å². The molecule has 2 fully saturated rings. The van der Waals surface area contributed by atoms with Crippen molar-refractivity contribution in [3.63, 3.8) is 0 Å². The van der Waals surface area contributed by atoms with Crippen molar-refractivity contribution in [3.05, 3.63) is 17.7 Å². The maximum Gasteiger partial charge on any atom is 0.269 e. The normalized spacial score (nSPS) is 23.3. The van der Waals surface area contributed by atoms with Crippen LogP contribution in [-0.4, -0.2) is 45.5 Å². The van der Waals surface area contributed by atoms with Crippen LogP contribution < -0.4 is 5.32 Å². The molecule has 1 saturated heterocycles. The molecule has 0 radical (unpaired) electrons. The Labute approximate surface area is 139 Å². The number of aryl methyl sites for hydroxylation is 2. The number of carbonyl (C=O) groups is 1. The third-order valence-corrected chi connectivity index (χ3v) is 5.56. The van der Waals surface area contributed by atoms with Crippen molar-refractivity contribution >= 4 is 5.91 Å². The second kappa shape index (κ2) is 7.47. The van der Waals surface area contributed by atoms with Crippen LogP contribution in [0.5, 0.6) is 0 Å². The number of amides is 1. The highest BCUT2D eigenvalue weighted by Crippen LogP contribution is 2.30. The molecule has 0 spiro atoms. The van der Waals surface area contributed by atoms with E-state index in [9.17, 15) is 4.79 Å². The van der Waals surface area contributed by atoms with Crippen LogP contribution in [0.2, 0.25) is 0 Å². The topological polar surface area (TPSA) is 50.2 Å². The van der Waals surface area contributed by atoms with Crippen LogP contribution in [0, 0.1) is 6.92 Å². The first-order valence-electron chi connectivity index (χ1n) is 9.18. The molecule has 3 rings (SSSR count). The molecule has 1 atom stereocenters. The molecule has 1 saturated carbocycles. The zero-order chi connectivity index (χ0) is 16.2. The van der Waals surface area contributed by atoms with E-state index in [1.165, 1.54) is 51.5 Å². The number of aromatic nitrogens is 2. The second-order valence-electron chi connectivity index (χ2n) is 7.16. The molecule has 1 aromatic heterocycles. The molecular weight excluding hydrogens is 288 g/mol. The van der Waals surface area contributed by atoms with Gasteiger partial charge in [0.25, 0.3) is 5.91 Å². The number of nitrogens with zero attached hydrogens (tertiary/aromatic N) is 3. The Morgan fingerprint density at radius 3 is 2.70 bits per heavy atom. The minimum absolute atomic E-state index is 0.00530. The summed E-state index contributed by atoms with van der Waals surface area (Å²) < 4.78 is 1.80. The molecule has 2 heterocycles. The van der Waals surface area contributed by atoms with Gasteiger partial charge in [-0.05, 0) is 45.6 Å². The summed E-state index contributed by atoms with van der Waals surface area (Å²) in [5.74, 6) is 0.00530. The van der Waals surface area contributed by atoms with Crippen LogP contribution in [0.15, 0.2) is 6.33 Å².